The van der Waals surface area contributed by atoms with Gasteiger partial charge in [0.2, 0.25) is 0 Å². The van der Waals surface area contributed by atoms with Crippen molar-refractivity contribution in [3.8, 4) is 0 Å². The fraction of sp³-hybridized carbons (Fsp3) is 0.143. The lowest BCUT2D eigenvalue weighted by atomic mass is 10.1. The highest BCUT2D eigenvalue weighted by molar-refractivity contribution is 6.35. The summed E-state index contributed by atoms with van der Waals surface area (Å²) in [5, 5.41) is 4.28. The van der Waals surface area contributed by atoms with Gasteiger partial charge in [0.1, 0.15) is 5.82 Å². The van der Waals surface area contributed by atoms with Crippen molar-refractivity contribution in [3.05, 3.63) is 62.8 Å². The Morgan fingerprint density at radius 2 is 1.79 bits per heavy atom. The van der Waals surface area contributed by atoms with Crippen molar-refractivity contribution in [2.45, 2.75) is 13.0 Å². The largest absolute Gasteiger partial charge is 0.378 e. The lowest BCUT2D eigenvalue weighted by Gasteiger charge is -2.17. The van der Waals surface area contributed by atoms with Gasteiger partial charge < -0.3 is 5.32 Å². The summed E-state index contributed by atoms with van der Waals surface area (Å²) in [6.07, 6.45) is 0. The summed E-state index contributed by atoms with van der Waals surface area (Å²) in [4.78, 5) is 0. The minimum Gasteiger partial charge on any atom is -0.378 e. The number of rotatable bonds is 3. The summed E-state index contributed by atoms with van der Waals surface area (Å²) in [5.74, 6) is -0.485. The van der Waals surface area contributed by atoms with Gasteiger partial charge in [0.25, 0.3) is 0 Å². The fourth-order valence-electron chi connectivity index (χ4n) is 1.78. The zero-order valence-corrected chi connectivity index (χ0v) is 12.3. The second kappa shape index (κ2) is 6.00. The van der Waals surface area contributed by atoms with Crippen molar-refractivity contribution in [2.75, 3.05) is 5.32 Å². The first-order valence-corrected chi connectivity index (χ1v) is 6.77. The van der Waals surface area contributed by atoms with Crippen LogP contribution in [0.4, 0.5) is 10.1 Å². The molecule has 2 aromatic rings. The molecule has 0 amide bonds. The molecule has 0 aliphatic rings. The molecule has 0 spiro atoms. The Morgan fingerprint density at radius 3 is 2.47 bits per heavy atom. The Balaban J connectivity index is 2.25. The molecule has 0 heterocycles. The molecule has 2 aromatic carbocycles. The zero-order chi connectivity index (χ0) is 14.0. The first-order valence-electron chi connectivity index (χ1n) is 5.64. The van der Waals surface area contributed by atoms with Crippen LogP contribution in [0.5, 0.6) is 0 Å². The third kappa shape index (κ3) is 3.53. The molecule has 1 unspecified atom stereocenters. The van der Waals surface area contributed by atoms with Crippen LogP contribution in [0.3, 0.4) is 0 Å². The van der Waals surface area contributed by atoms with E-state index < -0.39 is 5.82 Å². The molecule has 0 fully saturated rings. The van der Waals surface area contributed by atoms with Gasteiger partial charge in [-0.15, -0.1) is 0 Å². The average molecular weight is 319 g/mol. The molecule has 0 bridgehead atoms. The highest BCUT2D eigenvalue weighted by atomic mass is 35.5. The summed E-state index contributed by atoms with van der Waals surface area (Å²) in [6.45, 7) is 1.88. The maximum absolute atomic E-state index is 13.5. The molecule has 0 saturated carbocycles. The van der Waals surface area contributed by atoms with Crippen LogP contribution in [0.2, 0.25) is 15.1 Å². The van der Waals surface area contributed by atoms with Gasteiger partial charge >= 0.3 is 0 Å². The van der Waals surface area contributed by atoms with Gasteiger partial charge in [0.05, 0.1) is 11.1 Å². The molecule has 1 N–H and O–H groups in total. The Kier molecular flexibility index (Phi) is 4.56. The molecule has 0 radical (unpaired) electrons. The third-order valence-electron chi connectivity index (χ3n) is 2.71. The highest BCUT2D eigenvalue weighted by Crippen LogP contribution is 2.30. The van der Waals surface area contributed by atoms with E-state index in [1.807, 2.05) is 19.1 Å². The fourth-order valence-corrected chi connectivity index (χ4v) is 2.51. The van der Waals surface area contributed by atoms with Crippen molar-refractivity contribution >= 4 is 40.5 Å². The van der Waals surface area contributed by atoms with Gasteiger partial charge in [-0.1, -0.05) is 40.9 Å². The number of benzene rings is 2. The van der Waals surface area contributed by atoms with E-state index in [0.717, 1.165) is 5.69 Å². The van der Waals surface area contributed by atoms with Crippen LogP contribution in [-0.4, -0.2) is 0 Å². The highest BCUT2D eigenvalue weighted by Gasteiger charge is 2.13. The van der Waals surface area contributed by atoms with Gasteiger partial charge in [0.15, 0.2) is 0 Å². The molecule has 100 valence electrons. The van der Waals surface area contributed by atoms with Crippen molar-refractivity contribution in [3.63, 3.8) is 0 Å². The van der Waals surface area contributed by atoms with Crippen LogP contribution in [-0.2, 0) is 0 Å². The maximum atomic E-state index is 13.5. The molecule has 2 rings (SSSR count). The van der Waals surface area contributed by atoms with Gasteiger partial charge in [-0.3, -0.25) is 0 Å². The van der Waals surface area contributed by atoms with E-state index in [4.69, 9.17) is 34.8 Å². The molecular formula is C14H11Cl3FN. The van der Waals surface area contributed by atoms with Gasteiger partial charge in [-0.2, -0.15) is 0 Å². The van der Waals surface area contributed by atoms with Crippen LogP contribution >= 0.6 is 34.8 Å². The lowest BCUT2D eigenvalue weighted by Crippen LogP contribution is -2.07. The number of nitrogens with one attached hydrogen (secondary N) is 1. The van der Waals surface area contributed by atoms with Crippen molar-refractivity contribution in [1.82, 2.24) is 0 Å². The van der Waals surface area contributed by atoms with E-state index in [2.05, 4.69) is 5.32 Å². The van der Waals surface area contributed by atoms with Crippen molar-refractivity contribution in [2.24, 2.45) is 0 Å². The summed E-state index contributed by atoms with van der Waals surface area (Å²) >= 11 is 17.7. The number of hydrogen-bond acceptors (Lipinski definition) is 1. The van der Waals surface area contributed by atoms with E-state index >= 15 is 0 Å². The molecular weight excluding hydrogens is 308 g/mol. The minimum absolute atomic E-state index is 0.0173. The predicted molar refractivity (Wildman–Crippen MR) is 79.9 cm³/mol. The predicted octanol–water partition coefficient (Wildman–Crippen LogP) is 5.96. The Hall–Kier alpha value is -0.960. The van der Waals surface area contributed by atoms with E-state index in [1.165, 1.54) is 12.1 Å². The first kappa shape index (κ1) is 14.4. The van der Waals surface area contributed by atoms with Gasteiger partial charge in [0, 0.05) is 15.7 Å². The summed E-state index contributed by atoms with van der Waals surface area (Å²) in [7, 11) is 0. The quantitative estimate of drug-likeness (QED) is 0.689. The molecule has 19 heavy (non-hydrogen) atoms. The van der Waals surface area contributed by atoms with E-state index in [9.17, 15) is 4.39 Å². The van der Waals surface area contributed by atoms with Gasteiger partial charge in [-0.05, 0) is 42.8 Å². The molecule has 0 aliphatic carbocycles. The molecule has 1 atom stereocenters. The number of halogens is 4. The second-order valence-electron chi connectivity index (χ2n) is 4.16. The zero-order valence-electron chi connectivity index (χ0n) is 10.1. The van der Waals surface area contributed by atoms with Gasteiger partial charge in [-0.25, -0.2) is 4.39 Å². The topological polar surface area (TPSA) is 12.0 Å². The van der Waals surface area contributed by atoms with Crippen LogP contribution in [0.25, 0.3) is 0 Å². The van der Waals surface area contributed by atoms with Crippen LogP contribution in [0.1, 0.15) is 18.5 Å². The minimum atomic E-state index is -0.485. The van der Waals surface area contributed by atoms with Crippen LogP contribution < -0.4 is 5.32 Å². The standard InChI is InChI=1S/C14H11Cl3FN/c1-8(19-10-4-2-3-9(15)5-10)11-6-14(18)13(17)7-12(11)16/h2-8,19H,1H3. The second-order valence-corrected chi connectivity index (χ2v) is 5.42. The molecule has 0 saturated heterocycles. The molecule has 5 heteroatoms. The monoisotopic (exact) mass is 317 g/mol. The molecule has 0 aliphatic heterocycles. The average Bonchev–Trinajstić information content (AvgIpc) is 2.33. The normalized spacial score (nSPS) is 12.3. The SMILES string of the molecule is CC(Nc1cccc(Cl)c1)c1cc(F)c(Cl)cc1Cl. The molecule has 0 aromatic heterocycles. The van der Waals surface area contributed by atoms with E-state index in [-0.39, 0.29) is 11.1 Å². The third-order valence-corrected chi connectivity index (χ3v) is 3.57. The first-order chi connectivity index (χ1) is 8.97. The summed E-state index contributed by atoms with van der Waals surface area (Å²) in [6, 6.07) is 9.86. The summed E-state index contributed by atoms with van der Waals surface area (Å²) < 4.78 is 13.5. The van der Waals surface area contributed by atoms with Crippen molar-refractivity contribution in [1.29, 1.82) is 0 Å². The van der Waals surface area contributed by atoms with Crippen LogP contribution in [0.15, 0.2) is 36.4 Å². The Labute approximate surface area is 126 Å². The van der Waals surface area contributed by atoms with E-state index in [1.54, 1.807) is 12.1 Å². The molecule has 1 nitrogen and oxygen atoms in total. The lowest BCUT2D eigenvalue weighted by molar-refractivity contribution is 0.624. The van der Waals surface area contributed by atoms with E-state index in [0.29, 0.717) is 15.6 Å². The van der Waals surface area contributed by atoms with Crippen molar-refractivity contribution < 1.29 is 4.39 Å². The van der Waals surface area contributed by atoms with Crippen LogP contribution in [0, 0.1) is 5.82 Å². The summed E-state index contributed by atoms with van der Waals surface area (Å²) in [5.41, 5.74) is 1.48. The number of anilines is 1. The smallest absolute Gasteiger partial charge is 0.142 e. The Bertz CT molecular complexity index is 601. The number of hydrogen-bond donors (Lipinski definition) is 1. The Morgan fingerprint density at radius 1 is 1.05 bits per heavy atom. The maximum Gasteiger partial charge on any atom is 0.142 e.